The fraction of sp³-hybridized carbons (Fsp3) is 0.600. The lowest BCUT2D eigenvalue weighted by molar-refractivity contribution is -0.117. The molecule has 164 valence electrons. The zero-order valence-corrected chi connectivity index (χ0v) is 18.6. The number of hydrogen-bond acceptors (Lipinski definition) is 3. The molecular weight excluding hydrogens is 372 g/mol. The van der Waals surface area contributed by atoms with E-state index in [0.29, 0.717) is 6.42 Å². The first-order valence-electron chi connectivity index (χ1n) is 11.8. The van der Waals surface area contributed by atoms with Crippen LogP contribution in [0.4, 0.5) is 0 Å². The first-order valence-corrected chi connectivity index (χ1v) is 11.8. The Bertz CT molecular complexity index is 778. The summed E-state index contributed by atoms with van der Waals surface area (Å²) in [6.45, 7) is 2.26. The van der Waals surface area contributed by atoms with Crippen molar-refractivity contribution in [2.45, 2.75) is 96.8 Å². The third-order valence-electron chi connectivity index (χ3n) is 5.34. The third-order valence-corrected chi connectivity index (χ3v) is 5.34. The Labute approximate surface area is 181 Å². The monoisotopic (exact) mass is 410 g/mol. The first kappa shape index (κ1) is 24.0. The molecule has 0 spiro atoms. The number of aliphatic imine (C=N–C) groups is 1. The molecule has 1 aromatic carbocycles. The molecule has 0 saturated carbocycles. The molecule has 0 N–H and O–H groups in total. The van der Waals surface area contributed by atoms with Crippen molar-refractivity contribution in [3.05, 3.63) is 36.4 Å². The summed E-state index contributed by atoms with van der Waals surface area (Å²) in [6, 6.07) is 7.63. The van der Waals surface area contributed by atoms with Gasteiger partial charge in [-0.3, -0.25) is 4.79 Å². The summed E-state index contributed by atoms with van der Waals surface area (Å²) in [7, 11) is 0. The number of fused-ring (bicyclic) bond motifs is 1. The van der Waals surface area contributed by atoms with Crippen LogP contribution < -0.4 is 0 Å². The minimum absolute atomic E-state index is 0.0905. The Morgan fingerprint density at radius 1 is 0.900 bits per heavy atom. The maximum atomic E-state index is 11.9. The van der Waals surface area contributed by atoms with Gasteiger partial charge in [-0.2, -0.15) is 0 Å². The number of rotatable bonds is 16. The van der Waals surface area contributed by atoms with Crippen LogP contribution in [0.2, 0.25) is 0 Å². The molecule has 5 nitrogen and oxygen atoms in total. The fourth-order valence-corrected chi connectivity index (χ4v) is 3.50. The fourth-order valence-electron chi connectivity index (χ4n) is 3.50. The van der Waals surface area contributed by atoms with Crippen LogP contribution in [0.15, 0.2) is 41.4 Å². The van der Waals surface area contributed by atoms with Crippen LogP contribution in [0.3, 0.4) is 0 Å². The molecule has 30 heavy (non-hydrogen) atoms. The number of unbranched alkanes of at least 4 members (excludes halogenated alkanes) is 11. The highest BCUT2D eigenvalue weighted by atomic mass is 16.1. The summed E-state index contributed by atoms with van der Waals surface area (Å²) >= 11 is 0. The van der Waals surface area contributed by atoms with Crippen molar-refractivity contribution in [3.63, 3.8) is 0 Å². The second-order valence-corrected chi connectivity index (χ2v) is 8.00. The molecule has 0 bridgehead atoms. The largest absolute Gasteiger partial charge is 0.273 e. The predicted molar refractivity (Wildman–Crippen MR) is 126 cm³/mol. The zero-order chi connectivity index (χ0) is 21.3. The number of allylic oxidation sites excluding steroid dienone is 2. The second-order valence-electron chi connectivity index (χ2n) is 8.00. The molecule has 0 atom stereocenters. The summed E-state index contributed by atoms with van der Waals surface area (Å²) < 4.78 is 1.55. The number of nitrogens with zero attached hydrogens (tertiary/aromatic N) is 4. The van der Waals surface area contributed by atoms with E-state index in [-0.39, 0.29) is 5.91 Å². The number of carbonyl (C=O) groups is 1. The van der Waals surface area contributed by atoms with Crippen molar-refractivity contribution < 1.29 is 4.79 Å². The molecule has 1 aromatic heterocycles. The van der Waals surface area contributed by atoms with Crippen LogP contribution in [0.25, 0.3) is 11.0 Å². The van der Waals surface area contributed by atoms with Gasteiger partial charge in [-0.15, -0.1) is 5.10 Å². The van der Waals surface area contributed by atoms with Crippen molar-refractivity contribution in [2.75, 3.05) is 0 Å². The average molecular weight is 411 g/mol. The number of aromatic nitrogens is 3. The van der Waals surface area contributed by atoms with E-state index in [4.69, 9.17) is 0 Å². The Hall–Kier alpha value is -2.30. The van der Waals surface area contributed by atoms with Crippen molar-refractivity contribution >= 4 is 23.3 Å². The van der Waals surface area contributed by atoms with Crippen molar-refractivity contribution in [1.82, 2.24) is 15.0 Å². The van der Waals surface area contributed by atoms with E-state index in [1.807, 2.05) is 24.3 Å². The first-order chi connectivity index (χ1) is 14.8. The number of carbonyl (C=O) groups excluding carboxylic acids is 1. The van der Waals surface area contributed by atoms with E-state index < -0.39 is 0 Å². The van der Waals surface area contributed by atoms with E-state index in [9.17, 15) is 4.79 Å². The van der Waals surface area contributed by atoms with E-state index in [0.717, 1.165) is 23.9 Å². The molecule has 0 aliphatic rings. The zero-order valence-electron chi connectivity index (χ0n) is 18.6. The molecule has 5 heteroatoms. The van der Waals surface area contributed by atoms with E-state index >= 15 is 0 Å². The molecule has 1 amide bonds. The van der Waals surface area contributed by atoms with Gasteiger partial charge in [0.25, 0.3) is 0 Å². The van der Waals surface area contributed by atoms with Gasteiger partial charge in [-0.25, -0.2) is 9.67 Å². The van der Waals surface area contributed by atoms with Crippen molar-refractivity contribution in [3.8, 4) is 0 Å². The summed E-state index contributed by atoms with van der Waals surface area (Å²) in [5.74, 6) is -0.0905. The predicted octanol–water partition coefficient (Wildman–Crippen LogP) is 6.87. The van der Waals surface area contributed by atoms with Crippen molar-refractivity contribution in [1.29, 1.82) is 0 Å². The highest BCUT2D eigenvalue weighted by molar-refractivity contribution is 5.88. The lowest BCUT2D eigenvalue weighted by Gasteiger charge is -1.99. The molecule has 0 fully saturated rings. The number of amides is 1. The van der Waals surface area contributed by atoms with Gasteiger partial charge in [0.1, 0.15) is 11.9 Å². The summed E-state index contributed by atoms with van der Waals surface area (Å²) in [6.07, 6.45) is 23.0. The Morgan fingerprint density at radius 2 is 1.53 bits per heavy atom. The maximum Gasteiger partial charge on any atom is 0.247 e. The number of hydrogen-bond donors (Lipinski definition) is 0. The molecule has 0 radical (unpaired) electrons. The van der Waals surface area contributed by atoms with Crippen LogP contribution in [0.5, 0.6) is 0 Å². The molecule has 1 heterocycles. The normalized spacial score (nSPS) is 11.9. The Balaban J connectivity index is 1.43. The highest BCUT2D eigenvalue weighted by Gasteiger charge is 2.02. The minimum Gasteiger partial charge on any atom is -0.273 e. The van der Waals surface area contributed by atoms with Gasteiger partial charge in [-0.05, 0) is 44.2 Å². The third kappa shape index (κ3) is 9.95. The molecule has 0 unspecified atom stereocenters. The standard InChI is InChI=1S/C25H38N4O/c1-2-3-4-5-6-7-8-9-10-11-12-13-14-15-16-21-25(30)26-22-29-24-20-18-17-19-23(24)27-28-29/h9-10,17-20,22H,2-8,11-16,21H2,1H3/b10-9-,26-22?. The lowest BCUT2D eigenvalue weighted by Crippen LogP contribution is -2.02. The summed E-state index contributed by atoms with van der Waals surface area (Å²) in [5, 5.41) is 8.05. The number of para-hydroxylation sites is 1. The Kier molecular flexibility index (Phi) is 12.4. The van der Waals surface area contributed by atoms with Crippen LogP contribution in [-0.2, 0) is 4.79 Å². The van der Waals surface area contributed by atoms with Gasteiger partial charge in [0, 0.05) is 6.42 Å². The van der Waals surface area contributed by atoms with Gasteiger partial charge in [0.15, 0.2) is 0 Å². The van der Waals surface area contributed by atoms with Gasteiger partial charge < -0.3 is 0 Å². The van der Waals surface area contributed by atoms with Gasteiger partial charge in [-0.1, -0.05) is 87.8 Å². The smallest absolute Gasteiger partial charge is 0.247 e. The quantitative estimate of drug-likeness (QED) is 0.131. The second kappa shape index (κ2) is 15.5. The van der Waals surface area contributed by atoms with E-state index in [1.165, 1.54) is 77.0 Å². The summed E-state index contributed by atoms with van der Waals surface area (Å²) in [5.41, 5.74) is 1.66. The van der Waals surface area contributed by atoms with Crippen molar-refractivity contribution in [2.24, 2.45) is 4.99 Å². The lowest BCUT2D eigenvalue weighted by atomic mass is 10.1. The van der Waals surface area contributed by atoms with Gasteiger partial charge >= 0.3 is 0 Å². The van der Waals surface area contributed by atoms with Crippen LogP contribution in [0.1, 0.15) is 96.8 Å². The van der Waals surface area contributed by atoms with Crippen LogP contribution >= 0.6 is 0 Å². The number of benzene rings is 1. The molecule has 2 aromatic rings. The van der Waals surface area contributed by atoms with Gasteiger partial charge in [0.2, 0.25) is 5.91 Å². The van der Waals surface area contributed by atoms with Crippen LogP contribution in [-0.4, -0.2) is 27.2 Å². The molecule has 0 aliphatic heterocycles. The van der Waals surface area contributed by atoms with Crippen LogP contribution in [0, 0.1) is 0 Å². The summed E-state index contributed by atoms with van der Waals surface area (Å²) in [4.78, 5) is 15.9. The highest BCUT2D eigenvalue weighted by Crippen LogP contribution is 2.11. The SMILES string of the molecule is CCCCCCCC/C=C\CCCCCCCC(=O)N=Cn1nnc2ccccc21. The maximum absolute atomic E-state index is 11.9. The molecular formula is C25H38N4O. The molecule has 0 aliphatic carbocycles. The molecule has 0 saturated heterocycles. The Morgan fingerprint density at radius 3 is 2.27 bits per heavy atom. The minimum atomic E-state index is -0.0905. The van der Waals surface area contributed by atoms with E-state index in [1.54, 1.807) is 4.68 Å². The molecule has 2 rings (SSSR count). The average Bonchev–Trinajstić information content (AvgIpc) is 3.18. The van der Waals surface area contributed by atoms with E-state index in [2.05, 4.69) is 34.4 Å². The topological polar surface area (TPSA) is 60.1 Å². The van der Waals surface area contributed by atoms with Gasteiger partial charge in [0.05, 0.1) is 5.52 Å².